The molecule has 0 saturated carbocycles. The van der Waals surface area contributed by atoms with Gasteiger partial charge in [0.1, 0.15) is 0 Å². The second kappa shape index (κ2) is 7.97. The average molecular weight is 384 g/mol. The van der Waals surface area contributed by atoms with E-state index in [9.17, 15) is 18.0 Å². The Kier molecular flexibility index (Phi) is 5.68. The Bertz CT molecular complexity index is 810. The Balaban J connectivity index is 1.54. The molecule has 0 unspecified atom stereocenters. The largest absolute Gasteiger partial charge is 0.368 e. The van der Waals surface area contributed by atoms with Gasteiger partial charge in [0.2, 0.25) is 5.91 Å². The van der Waals surface area contributed by atoms with Crippen LogP contribution in [-0.4, -0.2) is 43.5 Å². The number of hydrogen-bond acceptors (Lipinski definition) is 3. The molecule has 2 aromatic rings. The zero-order valence-electron chi connectivity index (χ0n) is 13.8. The molecule has 2 aromatic carbocycles. The third-order valence-electron chi connectivity index (χ3n) is 4.24. The Hall–Kier alpha value is -2.25. The molecular formula is C18H17ClF3N3O. The van der Waals surface area contributed by atoms with E-state index in [1.165, 1.54) is 0 Å². The van der Waals surface area contributed by atoms with Crippen LogP contribution in [0.3, 0.4) is 0 Å². The number of piperazine rings is 1. The first kappa shape index (κ1) is 18.5. The molecule has 138 valence electrons. The number of halogens is 4. The van der Waals surface area contributed by atoms with Crippen LogP contribution in [0.5, 0.6) is 0 Å². The summed E-state index contributed by atoms with van der Waals surface area (Å²) in [7, 11) is 0. The number of amides is 1. The molecule has 26 heavy (non-hydrogen) atoms. The maximum atomic E-state index is 13.6. The molecule has 1 fully saturated rings. The summed E-state index contributed by atoms with van der Waals surface area (Å²) < 4.78 is 39.7. The van der Waals surface area contributed by atoms with Crippen molar-refractivity contribution in [1.29, 1.82) is 0 Å². The molecule has 0 spiro atoms. The van der Waals surface area contributed by atoms with Crippen LogP contribution in [0.25, 0.3) is 0 Å². The summed E-state index contributed by atoms with van der Waals surface area (Å²) in [6, 6.07) is 9.32. The highest BCUT2D eigenvalue weighted by molar-refractivity contribution is 6.33. The van der Waals surface area contributed by atoms with Crippen LogP contribution < -0.4 is 10.2 Å². The van der Waals surface area contributed by atoms with Gasteiger partial charge in [-0.05, 0) is 24.3 Å². The summed E-state index contributed by atoms with van der Waals surface area (Å²) in [6.45, 7) is 2.67. The zero-order chi connectivity index (χ0) is 18.7. The third-order valence-corrected chi connectivity index (χ3v) is 4.56. The topological polar surface area (TPSA) is 35.6 Å². The number of para-hydroxylation sites is 1. The number of benzene rings is 2. The molecule has 8 heteroatoms. The van der Waals surface area contributed by atoms with E-state index in [2.05, 4.69) is 10.2 Å². The van der Waals surface area contributed by atoms with Crippen molar-refractivity contribution in [3.05, 3.63) is 58.9 Å². The van der Waals surface area contributed by atoms with Crippen LogP contribution >= 0.6 is 11.6 Å². The lowest BCUT2D eigenvalue weighted by Gasteiger charge is -2.36. The summed E-state index contributed by atoms with van der Waals surface area (Å²) in [5.74, 6) is -4.78. The minimum absolute atomic E-state index is 0.0365. The fourth-order valence-electron chi connectivity index (χ4n) is 2.87. The fourth-order valence-corrected chi connectivity index (χ4v) is 3.13. The van der Waals surface area contributed by atoms with Gasteiger partial charge in [-0.2, -0.15) is 0 Å². The van der Waals surface area contributed by atoms with E-state index in [1.807, 2.05) is 29.2 Å². The first-order valence-corrected chi connectivity index (χ1v) is 8.48. The van der Waals surface area contributed by atoms with Gasteiger partial charge in [0.25, 0.3) is 0 Å². The standard InChI is InChI=1S/C18H17ClF3N3O/c19-12-3-1-2-4-15(12)25-9-7-24(8-10-25)11-16(26)23-14-6-5-13(20)17(21)18(14)22/h1-6H,7-11H2,(H,23,26). The van der Waals surface area contributed by atoms with Gasteiger partial charge >= 0.3 is 0 Å². The molecule has 1 saturated heterocycles. The van der Waals surface area contributed by atoms with Gasteiger partial charge in [-0.1, -0.05) is 23.7 Å². The molecule has 0 aliphatic carbocycles. The first-order valence-electron chi connectivity index (χ1n) is 8.11. The number of anilines is 2. The van der Waals surface area contributed by atoms with E-state index in [-0.39, 0.29) is 12.2 Å². The Labute approximate surface area is 154 Å². The SMILES string of the molecule is O=C(CN1CCN(c2ccccc2Cl)CC1)Nc1ccc(F)c(F)c1F. The van der Waals surface area contributed by atoms with Crippen molar-refractivity contribution in [1.82, 2.24) is 4.90 Å². The molecule has 1 aliphatic rings. The number of nitrogens with zero attached hydrogens (tertiary/aromatic N) is 2. The van der Waals surface area contributed by atoms with Crippen molar-refractivity contribution in [2.45, 2.75) is 0 Å². The monoisotopic (exact) mass is 383 g/mol. The van der Waals surface area contributed by atoms with Crippen LogP contribution in [0.4, 0.5) is 24.5 Å². The quantitative estimate of drug-likeness (QED) is 0.821. The number of carbonyl (C=O) groups is 1. The predicted octanol–water partition coefficient (Wildman–Crippen LogP) is 3.52. The summed E-state index contributed by atoms with van der Waals surface area (Å²) in [5.41, 5.74) is 0.575. The van der Waals surface area contributed by atoms with Gasteiger partial charge in [0.15, 0.2) is 17.5 Å². The van der Waals surface area contributed by atoms with Crippen LogP contribution in [0.1, 0.15) is 0 Å². The van der Waals surface area contributed by atoms with Gasteiger partial charge in [-0.25, -0.2) is 13.2 Å². The lowest BCUT2D eigenvalue weighted by molar-refractivity contribution is -0.117. The molecule has 3 rings (SSSR count). The van der Waals surface area contributed by atoms with Crippen molar-refractivity contribution in [2.24, 2.45) is 0 Å². The Morgan fingerprint density at radius 3 is 2.38 bits per heavy atom. The number of rotatable bonds is 4. The highest BCUT2D eigenvalue weighted by atomic mass is 35.5. The molecule has 1 heterocycles. The third kappa shape index (κ3) is 4.11. The smallest absolute Gasteiger partial charge is 0.238 e. The van der Waals surface area contributed by atoms with Crippen LogP contribution in [0, 0.1) is 17.5 Å². The second-order valence-electron chi connectivity index (χ2n) is 5.99. The summed E-state index contributed by atoms with van der Waals surface area (Å²) in [5, 5.41) is 2.95. The van der Waals surface area contributed by atoms with E-state index in [0.29, 0.717) is 31.2 Å². The molecule has 1 N–H and O–H groups in total. The van der Waals surface area contributed by atoms with E-state index >= 15 is 0 Å². The number of nitrogens with one attached hydrogen (secondary N) is 1. The average Bonchev–Trinajstić information content (AvgIpc) is 2.63. The molecule has 0 atom stereocenters. The maximum Gasteiger partial charge on any atom is 0.238 e. The van der Waals surface area contributed by atoms with Crippen molar-refractivity contribution in [2.75, 3.05) is 42.9 Å². The predicted molar refractivity (Wildman–Crippen MR) is 95.1 cm³/mol. The minimum atomic E-state index is -1.60. The number of carbonyl (C=O) groups excluding carboxylic acids is 1. The fraction of sp³-hybridized carbons (Fsp3) is 0.278. The van der Waals surface area contributed by atoms with E-state index in [0.717, 1.165) is 17.8 Å². The molecule has 1 aliphatic heterocycles. The molecule has 0 bridgehead atoms. The minimum Gasteiger partial charge on any atom is -0.368 e. The lowest BCUT2D eigenvalue weighted by atomic mass is 10.2. The summed E-state index contributed by atoms with van der Waals surface area (Å²) in [4.78, 5) is 16.1. The Morgan fingerprint density at radius 1 is 1.00 bits per heavy atom. The first-order chi connectivity index (χ1) is 12.5. The highest BCUT2D eigenvalue weighted by Crippen LogP contribution is 2.26. The normalized spacial score (nSPS) is 15.2. The zero-order valence-corrected chi connectivity index (χ0v) is 14.6. The second-order valence-corrected chi connectivity index (χ2v) is 6.39. The van der Waals surface area contributed by atoms with E-state index in [4.69, 9.17) is 11.6 Å². The van der Waals surface area contributed by atoms with E-state index in [1.54, 1.807) is 0 Å². The highest BCUT2D eigenvalue weighted by Gasteiger charge is 2.21. The van der Waals surface area contributed by atoms with Crippen molar-refractivity contribution < 1.29 is 18.0 Å². The van der Waals surface area contributed by atoms with Gasteiger partial charge in [0, 0.05) is 26.2 Å². The number of hydrogen-bond donors (Lipinski definition) is 1. The van der Waals surface area contributed by atoms with Gasteiger partial charge < -0.3 is 10.2 Å². The van der Waals surface area contributed by atoms with Gasteiger partial charge in [-0.3, -0.25) is 9.69 Å². The lowest BCUT2D eigenvalue weighted by Crippen LogP contribution is -2.48. The molecule has 4 nitrogen and oxygen atoms in total. The van der Waals surface area contributed by atoms with Crippen molar-refractivity contribution >= 4 is 28.9 Å². The van der Waals surface area contributed by atoms with Crippen LogP contribution in [0.2, 0.25) is 5.02 Å². The molecule has 1 amide bonds. The molecule has 0 aromatic heterocycles. The maximum absolute atomic E-state index is 13.6. The van der Waals surface area contributed by atoms with Crippen LogP contribution in [0.15, 0.2) is 36.4 Å². The Morgan fingerprint density at radius 2 is 1.69 bits per heavy atom. The van der Waals surface area contributed by atoms with E-state index < -0.39 is 23.4 Å². The van der Waals surface area contributed by atoms with Crippen molar-refractivity contribution in [3.63, 3.8) is 0 Å². The van der Waals surface area contributed by atoms with Crippen LogP contribution in [-0.2, 0) is 4.79 Å². The molecule has 0 radical (unpaired) electrons. The summed E-state index contributed by atoms with van der Waals surface area (Å²) in [6.07, 6.45) is 0. The summed E-state index contributed by atoms with van der Waals surface area (Å²) >= 11 is 6.20. The molecular weight excluding hydrogens is 367 g/mol. The van der Waals surface area contributed by atoms with Crippen molar-refractivity contribution in [3.8, 4) is 0 Å². The van der Waals surface area contributed by atoms with Gasteiger partial charge in [-0.15, -0.1) is 0 Å². The van der Waals surface area contributed by atoms with Gasteiger partial charge in [0.05, 0.1) is 22.9 Å².